The third-order valence-electron chi connectivity index (χ3n) is 15.1. The van der Waals surface area contributed by atoms with Gasteiger partial charge in [0, 0.05) is 33.3 Å². The van der Waals surface area contributed by atoms with Crippen LogP contribution in [0.3, 0.4) is 0 Å². The van der Waals surface area contributed by atoms with E-state index in [-0.39, 0.29) is 16.2 Å². The smallest absolute Gasteiger partial charge is 0.0467 e. The average Bonchev–Trinajstić information content (AvgIpc) is 3.82. The zero-order chi connectivity index (χ0) is 40.2. The van der Waals surface area contributed by atoms with Crippen LogP contribution in [0.5, 0.6) is 0 Å². The molecule has 1 heteroatoms. The number of benzene rings is 8. The summed E-state index contributed by atoms with van der Waals surface area (Å²) < 4.78 is 0. The molecule has 1 atom stereocenters. The first-order valence-corrected chi connectivity index (χ1v) is 22.1. The molecule has 0 heterocycles. The van der Waals surface area contributed by atoms with E-state index in [9.17, 15) is 0 Å². The van der Waals surface area contributed by atoms with Crippen LogP contribution < -0.4 is 4.90 Å². The molecule has 0 aromatic heterocycles. The molecule has 1 nitrogen and oxygen atoms in total. The molecule has 0 radical (unpaired) electrons. The summed E-state index contributed by atoms with van der Waals surface area (Å²) in [5.74, 6) is 0. The highest BCUT2D eigenvalue weighted by molar-refractivity contribution is 5.92. The van der Waals surface area contributed by atoms with Crippen LogP contribution >= 0.6 is 0 Å². The molecular formula is C59H49N. The van der Waals surface area contributed by atoms with E-state index in [1.165, 1.54) is 133 Å². The molecule has 60 heavy (non-hydrogen) atoms. The van der Waals surface area contributed by atoms with Crippen LogP contribution in [-0.2, 0) is 16.2 Å². The molecule has 290 valence electrons. The second-order valence-corrected chi connectivity index (χ2v) is 18.5. The fraction of sp³-hybridized carbons (Fsp3) is 0.186. The van der Waals surface area contributed by atoms with Crippen LogP contribution in [0, 0.1) is 0 Å². The van der Waals surface area contributed by atoms with Crippen LogP contribution in [0.1, 0.15) is 91.8 Å². The maximum atomic E-state index is 2.58. The van der Waals surface area contributed by atoms with Gasteiger partial charge in [-0.3, -0.25) is 0 Å². The van der Waals surface area contributed by atoms with Gasteiger partial charge < -0.3 is 4.90 Å². The molecule has 0 bridgehead atoms. The molecule has 0 aliphatic heterocycles. The molecule has 1 fully saturated rings. The number of fused-ring (bicyclic) bond motifs is 11. The molecule has 0 amide bonds. The first kappa shape index (κ1) is 35.5. The Hall–Kier alpha value is -6.44. The zero-order valence-electron chi connectivity index (χ0n) is 34.8. The predicted octanol–water partition coefficient (Wildman–Crippen LogP) is 15.7. The van der Waals surface area contributed by atoms with Gasteiger partial charge in [-0.15, -0.1) is 0 Å². The average molecular weight is 772 g/mol. The van der Waals surface area contributed by atoms with Gasteiger partial charge in [-0.2, -0.15) is 0 Å². The molecule has 1 unspecified atom stereocenters. The third kappa shape index (κ3) is 4.87. The Kier molecular flexibility index (Phi) is 7.71. The lowest BCUT2D eigenvalue weighted by molar-refractivity contribution is 0.353. The summed E-state index contributed by atoms with van der Waals surface area (Å²) in [6, 6.07) is 69.3. The Bertz CT molecular complexity index is 3020. The lowest BCUT2D eigenvalue weighted by Crippen LogP contribution is -2.28. The van der Waals surface area contributed by atoms with Gasteiger partial charge in [0.05, 0.1) is 0 Å². The van der Waals surface area contributed by atoms with E-state index in [2.05, 4.69) is 208 Å². The van der Waals surface area contributed by atoms with Gasteiger partial charge in [-0.25, -0.2) is 0 Å². The van der Waals surface area contributed by atoms with Gasteiger partial charge in [-0.1, -0.05) is 179 Å². The van der Waals surface area contributed by atoms with Gasteiger partial charge >= 0.3 is 0 Å². The van der Waals surface area contributed by atoms with Crippen molar-refractivity contribution in [1.82, 2.24) is 0 Å². The topological polar surface area (TPSA) is 3.24 Å². The van der Waals surface area contributed by atoms with E-state index < -0.39 is 0 Å². The highest BCUT2D eigenvalue weighted by atomic mass is 15.1. The molecule has 0 N–H and O–H groups in total. The van der Waals surface area contributed by atoms with Crippen molar-refractivity contribution in [1.29, 1.82) is 0 Å². The second-order valence-electron chi connectivity index (χ2n) is 18.5. The standard InChI is InChI=1S/C59H49N/c1-57(2)51-27-11-8-24-47(51)50-26-17-25-44(56(50)57)39-18-16-21-41(36-39)60(43-31-33-49-46-23-10-13-29-53(46)59(55(49)38-43)34-14-5-15-35-59)42-30-32-48-45-22-9-12-28-52(45)58(3,54(48)37-42)40-19-6-4-7-20-40/h4,6-13,16-33,36-38H,5,14-15,34-35H2,1-3H3. The van der Waals surface area contributed by atoms with Crippen molar-refractivity contribution in [2.45, 2.75) is 69.1 Å². The van der Waals surface area contributed by atoms with Gasteiger partial charge in [0.15, 0.2) is 0 Å². The molecule has 1 spiro atoms. The normalized spacial score (nSPS) is 18.2. The van der Waals surface area contributed by atoms with Crippen molar-refractivity contribution < 1.29 is 0 Å². The van der Waals surface area contributed by atoms with Gasteiger partial charge in [-0.05, 0) is 140 Å². The molecule has 0 saturated heterocycles. The zero-order valence-corrected chi connectivity index (χ0v) is 34.8. The summed E-state index contributed by atoms with van der Waals surface area (Å²) >= 11 is 0. The maximum absolute atomic E-state index is 2.58. The fourth-order valence-corrected chi connectivity index (χ4v) is 12.3. The Morgan fingerprint density at radius 1 is 0.367 bits per heavy atom. The van der Waals surface area contributed by atoms with E-state index in [0.717, 1.165) is 0 Å². The molecule has 1 saturated carbocycles. The van der Waals surface area contributed by atoms with Gasteiger partial charge in [0.25, 0.3) is 0 Å². The van der Waals surface area contributed by atoms with Crippen molar-refractivity contribution in [3.8, 4) is 44.5 Å². The molecule has 8 aromatic carbocycles. The monoisotopic (exact) mass is 771 g/mol. The second kappa shape index (κ2) is 13.0. The van der Waals surface area contributed by atoms with Crippen LogP contribution in [0.25, 0.3) is 44.5 Å². The lowest BCUT2D eigenvalue weighted by Gasteiger charge is -2.37. The van der Waals surface area contributed by atoms with E-state index in [0.29, 0.717) is 0 Å². The fourth-order valence-electron chi connectivity index (χ4n) is 12.3. The van der Waals surface area contributed by atoms with Crippen LogP contribution in [-0.4, -0.2) is 0 Å². The number of rotatable bonds is 5. The van der Waals surface area contributed by atoms with Crippen LogP contribution in [0.15, 0.2) is 182 Å². The van der Waals surface area contributed by atoms with E-state index in [1.54, 1.807) is 0 Å². The van der Waals surface area contributed by atoms with Crippen molar-refractivity contribution in [2.24, 2.45) is 0 Å². The summed E-state index contributed by atoms with van der Waals surface area (Å²) in [4.78, 5) is 2.56. The van der Waals surface area contributed by atoms with Crippen LogP contribution in [0.4, 0.5) is 17.1 Å². The van der Waals surface area contributed by atoms with Gasteiger partial charge in [0.1, 0.15) is 0 Å². The molecular weight excluding hydrogens is 723 g/mol. The van der Waals surface area contributed by atoms with Crippen molar-refractivity contribution >= 4 is 17.1 Å². The number of hydrogen-bond donors (Lipinski definition) is 0. The quantitative estimate of drug-likeness (QED) is 0.168. The minimum Gasteiger partial charge on any atom is -0.310 e. The van der Waals surface area contributed by atoms with Crippen molar-refractivity contribution in [3.05, 3.63) is 221 Å². The SMILES string of the molecule is CC1(C)c2ccccc2-c2cccc(-c3cccc(N(c4ccc5c(c4)C4(CCCCC4)c4ccccc4-5)c4ccc5c(c4)C(C)(c4ccccc4)c4ccccc4-5)c3)c21. The molecule has 8 aromatic rings. The van der Waals surface area contributed by atoms with Crippen molar-refractivity contribution in [3.63, 3.8) is 0 Å². The predicted molar refractivity (Wildman–Crippen MR) is 251 cm³/mol. The Balaban J connectivity index is 1.08. The van der Waals surface area contributed by atoms with E-state index in [4.69, 9.17) is 0 Å². The molecule has 12 rings (SSSR count). The molecule has 4 aliphatic rings. The van der Waals surface area contributed by atoms with Gasteiger partial charge in [0.2, 0.25) is 0 Å². The number of anilines is 3. The number of nitrogens with zero attached hydrogens (tertiary/aromatic N) is 1. The van der Waals surface area contributed by atoms with Crippen LogP contribution in [0.2, 0.25) is 0 Å². The van der Waals surface area contributed by atoms with E-state index >= 15 is 0 Å². The first-order chi connectivity index (χ1) is 29.4. The summed E-state index contributed by atoms with van der Waals surface area (Å²) in [6.45, 7) is 7.22. The Labute approximate surface area is 355 Å². The van der Waals surface area contributed by atoms with E-state index in [1.807, 2.05) is 0 Å². The third-order valence-corrected chi connectivity index (χ3v) is 15.1. The largest absolute Gasteiger partial charge is 0.310 e. The Morgan fingerprint density at radius 2 is 0.883 bits per heavy atom. The highest BCUT2D eigenvalue weighted by Crippen LogP contribution is 2.58. The lowest BCUT2D eigenvalue weighted by atomic mass is 9.68. The summed E-state index contributed by atoms with van der Waals surface area (Å²) in [5, 5.41) is 0. The first-order valence-electron chi connectivity index (χ1n) is 22.1. The highest BCUT2D eigenvalue weighted by Gasteiger charge is 2.45. The summed E-state index contributed by atoms with van der Waals surface area (Å²) in [7, 11) is 0. The van der Waals surface area contributed by atoms with Crippen molar-refractivity contribution in [2.75, 3.05) is 4.90 Å². The minimum atomic E-state index is -0.298. The number of hydrogen-bond acceptors (Lipinski definition) is 1. The summed E-state index contributed by atoms with van der Waals surface area (Å²) in [5.41, 5.74) is 23.8. The maximum Gasteiger partial charge on any atom is 0.0467 e. The Morgan fingerprint density at radius 3 is 1.62 bits per heavy atom. The minimum absolute atomic E-state index is 0.0599. The summed E-state index contributed by atoms with van der Waals surface area (Å²) in [6.07, 6.45) is 6.28. The molecule has 4 aliphatic carbocycles.